The van der Waals surface area contributed by atoms with Crippen molar-refractivity contribution < 1.29 is 4.74 Å². The zero-order valence-corrected chi connectivity index (χ0v) is 12.0. The summed E-state index contributed by atoms with van der Waals surface area (Å²) in [6, 6.07) is 7.57. The lowest BCUT2D eigenvalue weighted by Gasteiger charge is -2.06. The number of aryl methyl sites for hydroxylation is 1. The van der Waals surface area contributed by atoms with Gasteiger partial charge in [-0.2, -0.15) is 0 Å². The smallest absolute Gasteiger partial charge is 0.204 e. The molecule has 0 bridgehead atoms. The zero-order valence-electron chi connectivity index (χ0n) is 9.62. The van der Waals surface area contributed by atoms with E-state index in [4.69, 9.17) is 28.6 Å². The molecule has 1 aliphatic rings. The van der Waals surface area contributed by atoms with Crippen LogP contribution in [0.5, 0.6) is 10.8 Å². The van der Waals surface area contributed by atoms with Crippen molar-refractivity contribution in [1.82, 2.24) is 0 Å². The Labute approximate surface area is 120 Å². The van der Waals surface area contributed by atoms with Crippen molar-refractivity contribution >= 4 is 45.8 Å². The molecule has 0 saturated carbocycles. The van der Waals surface area contributed by atoms with Crippen molar-refractivity contribution in [3.63, 3.8) is 0 Å². The highest BCUT2D eigenvalue weighted by molar-refractivity contribution is 7.81. The van der Waals surface area contributed by atoms with Crippen LogP contribution in [0, 0.1) is 0 Å². The fourth-order valence-electron chi connectivity index (χ4n) is 1.82. The maximum absolute atomic E-state index is 5.99. The first kappa shape index (κ1) is 12.0. The number of thiophene rings is 1. The predicted octanol–water partition coefficient (Wildman–Crippen LogP) is 4.86. The molecular formula is C13H10ClNOS2. The standard InChI is InChI=1S/C13H10ClNOS2/c1-2-8-6-10-13(18-8)16-11-4-3-7(14)5-9(11)12(17)15-10/h3-6H,2H2,1H3,(H,15,17). The summed E-state index contributed by atoms with van der Waals surface area (Å²) in [5, 5.41) is 4.73. The van der Waals surface area contributed by atoms with Gasteiger partial charge in [-0.3, -0.25) is 0 Å². The maximum atomic E-state index is 5.99. The number of thiocarbonyl (C=S) groups is 1. The summed E-state index contributed by atoms with van der Waals surface area (Å²) in [7, 11) is 0. The number of fused-ring (bicyclic) bond motifs is 2. The van der Waals surface area contributed by atoms with Crippen molar-refractivity contribution in [3.8, 4) is 10.8 Å². The van der Waals surface area contributed by atoms with E-state index in [1.54, 1.807) is 11.3 Å². The summed E-state index contributed by atoms with van der Waals surface area (Å²) < 4.78 is 5.92. The monoisotopic (exact) mass is 295 g/mol. The van der Waals surface area contributed by atoms with Gasteiger partial charge in [0.05, 0.1) is 11.3 Å². The van der Waals surface area contributed by atoms with Gasteiger partial charge in [-0.1, -0.05) is 30.7 Å². The van der Waals surface area contributed by atoms with E-state index < -0.39 is 0 Å². The van der Waals surface area contributed by atoms with Crippen LogP contribution >= 0.6 is 35.2 Å². The quantitative estimate of drug-likeness (QED) is 0.759. The van der Waals surface area contributed by atoms with Gasteiger partial charge in [0.2, 0.25) is 5.06 Å². The largest absolute Gasteiger partial charge is 0.444 e. The van der Waals surface area contributed by atoms with Gasteiger partial charge in [-0.15, -0.1) is 11.3 Å². The van der Waals surface area contributed by atoms with E-state index in [9.17, 15) is 0 Å². The van der Waals surface area contributed by atoms with Crippen LogP contribution in [-0.4, -0.2) is 4.99 Å². The molecule has 2 heterocycles. The Kier molecular flexibility index (Phi) is 3.01. The van der Waals surface area contributed by atoms with E-state index in [2.05, 4.69) is 18.3 Å². The molecule has 0 aliphatic carbocycles. The van der Waals surface area contributed by atoms with Crippen LogP contribution in [0.1, 0.15) is 17.4 Å². The maximum Gasteiger partial charge on any atom is 0.204 e. The van der Waals surface area contributed by atoms with Crippen LogP contribution in [0.2, 0.25) is 5.02 Å². The van der Waals surface area contributed by atoms with Crippen LogP contribution in [-0.2, 0) is 6.42 Å². The minimum absolute atomic E-state index is 0.645. The number of rotatable bonds is 1. The van der Waals surface area contributed by atoms with Gasteiger partial charge in [0.1, 0.15) is 10.7 Å². The molecule has 2 nitrogen and oxygen atoms in total. The number of ether oxygens (including phenoxy) is 1. The number of nitrogens with one attached hydrogen (secondary N) is 1. The number of hydrogen-bond donors (Lipinski definition) is 1. The van der Waals surface area contributed by atoms with Crippen LogP contribution in [0.3, 0.4) is 0 Å². The predicted molar refractivity (Wildman–Crippen MR) is 80.5 cm³/mol. The molecule has 1 aromatic heterocycles. The van der Waals surface area contributed by atoms with Crippen LogP contribution in [0.15, 0.2) is 24.3 Å². The molecule has 0 amide bonds. The summed E-state index contributed by atoms with van der Waals surface area (Å²) in [5.41, 5.74) is 1.77. The first-order chi connectivity index (χ1) is 8.67. The number of hydrogen-bond acceptors (Lipinski definition) is 3. The third-order valence-corrected chi connectivity index (χ3v) is 4.45. The Balaban J connectivity index is 2.11. The topological polar surface area (TPSA) is 21.3 Å². The molecule has 2 aromatic rings. The second kappa shape index (κ2) is 4.53. The molecule has 3 rings (SSSR count). The van der Waals surface area contributed by atoms with E-state index in [-0.39, 0.29) is 0 Å². The normalized spacial score (nSPS) is 13.1. The van der Waals surface area contributed by atoms with Crippen molar-refractivity contribution in [2.45, 2.75) is 13.3 Å². The second-order valence-corrected chi connectivity index (χ2v) is 5.91. The van der Waals surface area contributed by atoms with Gasteiger partial charge in [0.25, 0.3) is 0 Å². The molecule has 0 unspecified atom stereocenters. The van der Waals surface area contributed by atoms with E-state index in [0.29, 0.717) is 10.0 Å². The van der Waals surface area contributed by atoms with Crippen LogP contribution in [0.4, 0.5) is 5.69 Å². The Morgan fingerprint density at radius 3 is 3.00 bits per heavy atom. The molecule has 1 aliphatic heterocycles. The average molecular weight is 296 g/mol. The molecular weight excluding hydrogens is 286 g/mol. The van der Waals surface area contributed by atoms with Crippen LogP contribution in [0.25, 0.3) is 0 Å². The molecule has 0 spiro atoms. The third-order valence-electron chi connectivity index (χ3n) is 2.73. The SMILES string of the molecule is CCc1cc2c(s1)Oc1ccc(Cl)cc1C(=S)N2. The van der Waals surface area contributed by atoms with Gasteiger partial charge in [-0.05, 0) is 30.7 Å². The lowest BCUT2D eigenvalue weighted by molar-refractivity contribution is 0.499. The fourth-order valence-corrected chi connectivity index (χ4v) is 3.17. The molecule has 0 saturated heterocycles. The Morgan fingerprint density at radius 1 is 1.39 bits per heavy atom. The number of halogens is 1. The summed E-state index contributed by atoms with van der Waals surface area (Å²) >= 11 is 13.0. The molecule has 92 valence electrons. The Morgan fingerprint density at radius 2 is 2.22 bits per heavy atom. The first-order valence-electron chi connectivity index (χ1n) is 5.59. The number of anilines is 1. The highest BCUT2D eigenvalue weighted by Crippen LogP contribution is 2.42. The van der Waals surface area contributed by atoms with E-state index in [0.717, 1.165) is 28.5 Å². The lowest BCUT2D eigenvalue weighted by Crippen LogP contribution is -2.08. The van der Waals surface area contributed by atoms with Gasteiger partial charge in [0.15, 0.2) is 0 Å². The average Bonchev–Trinajstić information content (AvgIpc) is 2.68. The Hall–Kier alpha value is -1.10. The highest BCUT2D eigenvalue weighted by Gasteiger charge is 2.20. The minimum Gasteiger partial charge on any atom is -0.444 e. The third kappa shape index (κ3) is 2.00. The summed E-state index contributed by atoms with van der Waals surface area (Å²) in [4.78, 5) is 1.92. The van der Waals surface area contributed by atoms with Crippen molar-refractivity contribution in [1.29, 1.82) is 0 Å². The summed E-state index contributed by atoms with van der Waals surface area (Å²) in [6.45, 7) is 2.12. The molecule has 0 atom stereocenters. The van der Waals surface area contributed by atoms with Gasteiger partial charge >= 0.3 is 0 Å². The lowest BCUT2D eigenvalue weighted by atomic mass is 10.2. The van der Waals surface area contributed by atoms with E-state index in [1.807, 2.05) is 18.2 Å². The molecule has 18 heavy (non-hydrogen) atoms. The van der Waals surface area contributed by atoms with Crippen molar-refractivity contribution in [2.75, 3.05) is 5.32 Å². The molecule has 5 heteroatoms. The molecule has 1 N–H and O–H groups in total. The van der Waals surface area contributed by atoms with E-state index in [1.165, 1.54) is 4.88 Å². The van der Waals surface area contributed by atoms with Crippen molar-refractivity contribution in [2.24, 2.45) is 0 Å². The fraction of sp³-hybridized carbons (Fsp3) is 0.154. The molecule has 0 radical (unpaired) electrons. The second-order valence-electron chi connectivity index (χ2n) is 3.96. The van der Waals surface area contributed by atoms with E-state index >= 15 is 0 Å². The van der Waals surface area contributed by atoms with Crippen LogP contribution < -0.4 is 10.1 Å². The highest BCUT2D eigenvalue weighted by atomic mass is 35.5. The van der Waals surface area contributed by atoms with Gasteiger partial charge < -0.3 is 10.1 Å². The summed E-state index contributed by atoms with van der Waals surface area (Å²) in [5.74, 6) is 0.750. The molecule has 1 aromatic carbocycles. The van der Waals surface area contributed by atoms with Crippen molar-refractivity contribution in [3.05, 3.63) is 39.7 Å². The van der Waals surface area contributed by atoms with Gasteiger partial charge in [0, 0.05) is 9.90 Å². The minimum atomic E-state index is 0.645. The first-order valence-corrected chi connectivity index (χ1v) is 7.19. The molecule has 0 fully saturated rings. The Bertz CT molecular complexity index is 636. The summed E-state index contributed by atoms with van der Waals surface area (Å²) in [6.07, 6.45) is 0.989. The number of benzene rings is 1. The van der Waals surface area contributed by atoms with Gasteiger partial charge in [-0.25, -0.2) is 0 Å². The zero-order chi connectivity index (χ0) is 12.7.